The second-order valence-electron chi connectivity index (χ2n) is 4.68. The van der Waals surface area contributed by atoms with Crippen LogP contribution in [0, 0.1) is 0 Å². The molecule has 0 unspecified atom stereocenters. The van der Waals surface area contributed by atoms with E-state index in [0.29, 0.717) is 0 Å². The molecule has 134 valence electrons. The summed E-state index contributed by atoms with van der Waals surface area (Å²) in [5.41, 5.74) is -5.57. The second kappa shape index (κ2) is 7.45. The van der Waals surface area contributed by atoms with Crippen LogP contribution in [0.25, 0.3) is 0 Å². The van der Waals surface area contributed by atoms with Gasteiger partial charge in [0.05, 0.1) is 6.61 Å². The van der Waals surface area contributed by atoms with Gasteiger partial charge in [0.15, 0.2) is 0 Å². The predicted molar refractivity (Wildman–Crippen MR) is 66.4 cm³/mol. The fourth-order valence-corrected chi connectivity index (χ4v) is 2.41. The number of esters is 2. The predicted octanol–water partition coefficient (Wildman–Crippen LogP) is 0.505. The van der Waals surface area contributed by atoms with Gasteiger partial charge in [0.1, 0.15) is 24.9 Å². The smallest absolute Gasteiger partial charge is 0.463 e. The largest absolute Gasteiger partial charge is 0.523 e. The Bertz CT molecular complexity index is 544. The van der Waals surface area contributed by atoms with Crippen LogP contribution in [0.4, 0.5) is 13.2 Å². The van der Waals surface area contributed by atoms with Crippen molar-refractivity contribution in [3.63, 3.8) is 0 Å². The van der Waals surface area contributed by atoms with E-state index in [9.17, 15) is 31.2 Å². The Morgan fingerprint density at radius 3 is 2.30 bits per heavy atom. The monoisotopic (exact) mass is 364 g/mol. The summed E-state index contributed by atoms with van der Waals surface area (Å²) < 4.78 is 77.5. The molecule has 0 aromatic carbocycles. The Morgan fingerprint density at radius 1 is 1.22 bits per heavy atom. The highest BCUT2D eigenvalue weighted by molar-refractivity contribution is 7.87. The molecule has 1 heterocycles. The maximum atomic E-state index is 12.3. The van der Waals surface area contributed by atoms with E-state index in [1.54, 1.807) is 0 Å². The van der Waals surface area contributed by atoms with Crippen LogP contribution in [-0.4, -0.2) is 57.4 Å². The highest BCUT2D eigenvalue weighted by Gasteiger charge is 2.50. The Morgan fingerprint density at radius 2 is 1.83 bits per heavy atom. The van der Waals surface area contributed by atoms with Crippen LogP contribution in [0.2, 0.25) is 0 Å². The Labute approximate surface area is 129 Å². The molecule has 1 fully saturated rings. The van der Waals surface area contributed by atoms with Gasteiger partial charge in [-0.3, -0.25) is 13.8 Å². The molecule has 0 amide bonds. The van der Waals surface area contributed by atoms with Crippen molar-refractivity contribution in [2.45, 2.75) is 44.1 Å². The summed E-state index contributed by atoms with van der Waals surface area (Å²) in [5, 5.41) is 0. The standard InChI is InChI=1S/C11H15F3O8S/c1-6(15)19-5-10-9(21-7(2)16)3-8(4-20-10)22-23(17,18)11(12,13)14/h8-10H,3-5H2,1-2H3/t8-,9+,10-/m1/s1. The molecule has 0 aromatic heterocycles. The molecule has 0 N–H and O–H groups in total. The van der Waals surface area contributed by atoms with Crippen LogP contribution >= 0.6 is 0 Å². The SMILES string of the molecule is CC(=O)OC[C@H]1OC[C@H](OS(=O)(=O)C(F)(F)F)C[C@@H]1OC(C)=O. The minimum atomic E-state index is -5.80. The zero-order valence-electron chi connectivity index (χ0n) is 12.2. The van der Waals surface area contributed by atoms with Crippen molar-refractivity contribution in [3.05, 3.63) is 0 Å². The molecule has 0 aliphatic carbocycles. The zero-order chi connectivity index (χ0) is 17.8. The topological polar surface area (TPSA) is 105 Å². The normalized spacial score (nSPS) is 25.7. The summed E-state index contributed by atoms with van der Waals surface area (Å²) in [4.78, 5) is 21.8. The van der Waals surface area contributed by atoms with Crippen LogP contribution in [0.3, 0.4) is 0 Å². The first-order chi connectivity index (χ1) is 10.4. The molecular formula is C11H15F3O8S. The van der Waals surface area contributed by atoms with Gasteiger partial charge in [-0.15, -0.1) is 0 Å². The zero-order valence-corrected chi connectivity index (χ0v) is 13.0. The fraction of sp³-hybridized carbons (Fsp3) is 0.818. The molecule has 1 aliphatic heterocycles. The molecule has 12 heteroatoms. The first kappa shape index (κ1) is 19.6. The summed E-state index contributed by atoms with van der Waals surface area (Å²) in [6.45, 7) is 1.39. The van der Waals surface area contributed by atoms with Crippen molar-refractivity contribution in [1.29, 1.82) is 0 Å². The molecule has 0 radical (unpaired) electrons. The Hall–Kier alpha value is -1.40. The fourth-order valence-electron chi connectivity index (χ4n) is 1.81. The van der Waals surface area contributed by atoms with Gasteiger partial charge in [0.2, 0.25) is 0 Å². The number of hydrogen-bond acceptors (Lipinski definition) is 8. The molecule has 1 aliphatic rings. The quantitative estimate of drug-likeness (QED) is 0.395. The molecule has 3 atom stereocenters. The number of carbonyl (C=O) groups excluding carboxylic acids is 2. The lowest BCUT2D eigenvalue weighted by atomic mass is 10.0. The first-order valence-electron chi connectivity index (χ1n) is 6.34. The van der Waals surface area contributed by atoms with Gasteiger partial charge in [0, 0.05) is 20.3 Å². The van der Waals surface area contributed by atoms with Crippen molar-refractivity contribution in [3.8, 4) is 0 Å². The Balaban J connectivity index is 2.75. The lowest BCUT2D eigenvalue weighted by Crippen LogP contribution is -2.48. The van der Waals surface area contributed by atoms with E-state index in [1.807, 2.05) is 0 Å². The molecule has 1 rings (SSSR count). The Kier molecular flexibility index (Phi) is 6.36. The average molecular weight is 364 g/mol. The molecule has 0 spiro atoms. The summed E-state index contributed by atoms with van der Waals surface area (Å²) >= 11 is 0. The van der Waals surface area contributed by atoms with Crippen LogP contribution in [0.15, 0.2) is 0 Å². The number of carbonyl (C=O) groups is 2. The maximum absolute atomic E-state index is 12.3. The summed E-state index contributed by atoms with van der Waals surface area (Å²) in [5.74, 6) is -1.39. The number of halogens is 3. The van der Waals surface area contributed by atoms with Crippen LogP contribution < -0.4 is 0 Å². The lowest BCUT2D eigenvalue weighted by molar-refractivity contribution is -0.180. The van der Waals surface area contributed by atoms with E-state index < -0.39 is 52.5 Å². The van der Waals surface area contributed by atoms with Gasteiger partial charge in [-0.1, -0.05) is 0 Å². The van der Waals surface area contributed by atoms with E-state index in [4.69, 9.17) is 9.47 Å². The third kappa shape index (κ3) is 5.95. The van der Waals surface area contributed by atoms with Gasteiger partial charge in [-0.2, -0.15) is 21.6 Å². The molecule has 8 nitrogen and oxygen atoms in total. The van der Waals surface area contributed by atoms with Gasteiger partial charge in [-0.25, -0.2) is 0 Å². The van der Waals surface area contributed by atoms with Crippen LogP contribution in [-0.2, 0) is 38.1 Å². The van der Waals surface area contributed by atoms with Gasteiger partial charge >= 0.3 is 27.6 Å². The van der Waals surface area contributed by atoms with Crippen LogP contribution in [0.5, 0.6) is 0 Å². The van der Waals surface area contributed by atoms with E-state index >= 15 is 0 Å². The van der Waals surface area contributed by atoms with Crippen molar-refractivity contribution >= 4 is 22.1 Å². The second-order valence-corrected chi connectivity index (χ2v) is 6.24. The van der Waals surface area contributed by atoms with Gasteiger partial charge in [-0.05, 0) is 0 Å². The van der Waals surface area contributed by atoms with E-state index in [1.165, 1.54) is 0 Å². The minimum Gasteiger partial charge on any atom is -0.463 e. The molecule has 23 heavy (non-hydrogen) atoms. The van der Waals surface area contributed by atoms with Gasteiger partial charge in [0.25, 0.3) is 0 Å². The lowest BCUT2D eigenvalue weighted by Gasteiger charge is -2.34. The maximum Gasteiger partial charge on any atom is 0.523 e. The number of hydrogen-bond donors (Lipinski definition) is 0. The summed E-state index contributed by atoms with van der Waals surface area (Å²) in [7, 11) is -5.80. The van der Waals surface area contributed by atoms with Crippen molar-refractivity contribution < 1.29 is 49.6 Å². The summed E-state index contributed by atoms with van der Waals surface area (Å²) in [6, 6.07) is 0. The van der Waals surface area contributed by atoms with Crippen molar-refractivity contribution in [2.24, 2.45) is 0 Å². The number of rotatable bonds is 5. The molecule has 0 aromatic rings. The third-order valence-electron chi connectivity index (χ3n) is 2.72. The van der Waals surface area contributed by atoms with E-state index in [0.717, 1.165) is 13.8 Å². The average Bonchev–Trinajstić information content (AvgIpc) is 2.35. The minimum absolute atomic E-state index is 0.300. The molecule has 0 bridgehead atoms. The van der Waals surface area contributed by atoms with Gasteiger partial charge < -0.3 is 14.2 Å². The molecule has 0 saturated carbocycles. The van der Waals surface area contributed by atoms with Crippen LogP contribution in [0.1, 0.15) is 20.3 Å². The summed E-state index contributed by atoms with van der Waals surface area (Å²) in [6.07, 6.45) is -3.90. The van der Waals surface area contributed by atoms with Crippen molar-refractivity contribution in [2.75, 3.05) is 13.2 Å². The van der Waals surface area contributed by atoms with E-state index in [2.05, 4.69) is 8.92 Å². The highest BCUT2D eigenvalue weighted by atomic mass is 32.2. The highest BCUT2D eigenvalue weighted by Crippen LogP contribution is 2.29. The first-order valence-corrected chi connectivity index (χ1v) is 7.75. The van der Waals surface area contributed by atoms with E-state index in [-0.39, 0.29) is 13.0 Å². The molecular weight excluding hydrogens is 349 g/mol. The number of alkyl halides is 3. The third-order valence-corrected chi connectivity index (χ3v) is 3.81. The molecule has 1 saturated heterocycles. The van der Waals surface area contributed by atoms with Crippen molar-refractivity contribution in [1.82, 2.24) is 0 Å². The number of ether oxygens (including phenoxy) is 3.